The van der Waals surface area contributed by atoms with Crippen molar-refractivity contribution in [3.05, 3.63) is 59.7 Å². The minimum absolute atomic E-state index is 0.00772. The molecule has 0 saturated heterocycles. The van der Waals surface area contributed by atoms with Gasteiger partial charge < -0.3 is 14.6 Å². The van der Waals surface area contributed by atoms with Crippen LogP contribution in [0.15, 0.2) is 48.5 Å². The zero-order valence-corrected chi connectivity index (χ0v) is 11.0. The maximum absolute atomic E-state index is 8.79. The Morgan fingerprint density at radius 1 is 0.947 bits per heavy atom. The molecule has 19 heavy (non-hydrogen) atoms. The fourth-order valence-corrected chi connectivity index (χ4v) is 1.81. The number of hydrogen-bond donors (Lipinski definition) is 1. The van der Waals surface area contributed by atoms with Crippen LogP contribution in [0.4, 0.5) is 0 Å². The predicted molar refractivity (Wildman–Crippen MR) is 74.5 cm³/mol. The summed E-state index contributed by atoms with van der Waals surface area (Å²) in [6.45, 7) is 2.82. The van der Waals surface area contributed by atoms with Gasteiger partial charge in [0.2, 0.25) is 0 Å². The minimum atomic E-state index is -0.00772. The summed E-state index contributed by atoms with van der Waals surface area (Å²) in [6, 6.07) is 15.7. The van der Waals surface area contributed by atoms with Crippen LogP contribution in [0.1, 0.15) is 11.1 Å². The zero-order valence-electron chi connectivity index (χ0n) is 11.0. The molecule has 0 aliphatic heterocycles. The van der Waals surface area contributed by atoms with Crippen LogP contribution in [-0.4, -0.2) is 18.3 Å². The second-order valence-corrected chi connectivity index (χ2v) is 4.30. The van der Waals surface area contributed by atoms with Crippen LogP contribution in [-0.2, 0) is 6.61 Å². The molecule has 0 aliphatic rings. The van der Waals surface area contributed by atoms with Crippen molar-refractivity contribution in [1.82, 2.24) is 0 Å². The lowest BCUT2D eigenvalue weighted by atomic mass is 10.1. The van der Waals surface area contributed by atoms with E-state index in [9.17, 15) is 0 Å². The summed E-state index contributed by atoms with van der Waals surface area (Å²) in [5.74, 6) is 1.35. The number of aliphatic hydroxyl groups excluding tert-OH is 1. The topological polar surface area (TPSA) is 38.7 Å². The van der Waals surface area contributed by atoms with Gasteiger partial charge in [0, 0.05) is 0 Å². The molecule has 0 aliphatic carbocycles. The molecule has 1 N–H and O–H groups in total. The van der Waals surface area contributed by atoms with Crippen molar-refractivity contribution in [1.29, 1.82) is 0 Å². The van der Waals surface area contributed by atoms with Crippen molar-refractivity contribution in [2.45, 2.75) is 13.5 Å². The van der Waals surface area contributed by atoms with E-state index in [4.69, 9.17) is 14.6 Å². The largest absolute Gasteiger partial charge is 0.487 e. The van der Waals surface area contributed by atoms with E-state index >= 15 is 0 Å². The number of aryl methyl sites for hydroxylation is 1. The Hall–Kier alpha value is -2.00. The van der Waals surface area contributed by atoms with Crippen LogP contribution >= 0.6 is 0 Å². The first-order chi connectivity index (χ1) is 9.29. The smallest absolute Gasteiger partial charge is 0.161 e. The Labute approximate surface area is 113 Å². The lowest BCUT2D eigenvalue weighted by Gasteiger charge is -2.12. The van der Waals surface area contributed by atoms with Gasteiger partial charge in [-0.05, 0) is 24.6 Å². The zero-order chi connectivity index (χ0) is 13.5. The van der Waals surface area contributed by atoms with Gasteiger partial charge >= 0.3 is 0 Å². The molecule has 3 nitrogen and oxygen atoms in total. The Kier molecular flexibility index (Phi) is 4.81. The molecule has 3 heteroatoms. The third kappa shape index (κ3) is 4.00. The fraction of sp³-hybridized carbons (Fsp3) is 0.250. The average molecular weight is 258 g/mol. The van der Waals surface area contributed by atoms with Gasteiger partial charge in [-0.15, -0.1) is 0 Å². The Bertz CT molecular complexity index is 523. The van der Waals surface area contributed by atoms with E-state index < -0.39 is 0 Å². The van der Waals surface area contributed by atoms with Gasteiger partial charge in [0.05, 0.1) is 6.61 Å². The van der Waals surface area contributed by atoms with Gasteiger partial charge in [-0.2, -0.15) is 0 Å². The number of aliphatic hydroxyl groups is 1. The molecule has 0 amide bonds. The number of rotatable bonds is 6. The lowest BCUT2D eigenvalue weighted by molar-refractivity contribution is 0.192. The van der Waals surface area contributed by atoms with E-state index in [0.29, 0.717) is 18.1 Å². The molecule has 0 bridgehead atoms. The molecule has 0 atom stereocenters. The average Bonchev–Trinajstić information content (AvgIpc) is 2.44. The maximum atomic E-state index is 8.79. The summed E-state index contributed by atoms with van der Waals surface area (Å²) >= 11 is 0. The van der Waals surface area contributed by atoms with Crippen molar-refractivity contribution < 1.29 is 14.6 Å². The molecule has 0 fully saturated rings. The van der Waals surface area contributed by atoms with Gasteiger partial charge in [-0.1, -0.05) is 42.0 Å². The minimum Gasteiger partial charge on any atom is -0.487 e. The van der Waals surface area contributed by atoms with E-state index in [1.54, 1.807) is 0 Å². The summed E-state index contributed by atoms with van der Waals surface area (Å²) in [5.41, 5.74) is 2.34. The molecule has 0 unspecified atom stereocenters. The Morgan fingerprint density at radius 2 is 1.68 bits per heavy atom. The van der Waals surface area contributed by atoms with Crippen LogP contribution in [0.3, 0.4) is 0 Å². The highest BCUT2D eigenvalue weighted by Crippen LogP contribution is 2.27. The predicted octanol–water partition coefficient (Wildman–Crippen LogP) is 2.95. The molecule has 2 rings (SSSR count). The molecule has 0 spiro atoms. The summed E-state index contributed by atoms with van der Waals surface area (Å²) in [5, 5.41) is 8.79. The second kappa shape index (κ2) is 6.81. The van der Waals surface area contributed by atoms with Crippen molar-refractivity contribution in [2.75, 3.05) is 13.2 Å². The summed E-state index contributed by atoms with van der Waals surface area (Å²) in [4.78, 5) is 0. The molecular formula is C16H18O3. The van der Waals surface area contributed by atoms with Crippen molar-refractivity contribution in [3.63, 3.8) is 0 Å². The molecule has 100 valence electrons. The number of hydrogen-bond acceptors (Lipinski definition) is 3. The Morgan fingerprint density at radius 3 is 2.37 bits per heavy atom. The molecule has 0 saturated carbocycles. The first-order valence-electron chi connectivity index (χ1n) is 6.30. The van der Waals surface area contributed by atoms with Crippen molar-refractivity contribution >= 4 is 0 Å². The van der Waals surface area contributed by atoms with Crippen molar-refractivity contribution in [3.8, 4) is 11.5 Å². The third-order valence-electron chi connectivity index (χ3n) is 2.67. The van der Waals surface area contributed by atoms with E-state index in [1.807, 2.05) is 36.4 Å². The summed E-state index contributed by atoms with van der Waals surface area (Å²) in [7, 11) is 0. The first-order valence-corrected chi connectivity index (χ1v) is 6.30. The molecular weight excluding hydrogens is 240 g/mol. The summed E-state index contributed by atoms with van der Waals surface area (Å²) < 4.78 is 11.2. The summed E-state index contributed by atoms with van der Waals surface area (Å²) in [6.07, 6.45) is 0. The quantitative estimate of drug-likeness (QED) is 0.865. The number of para-hydroxylation sites is 2. The van der Waals surface area contributed by atoms with Gasteiger partial charge in [0.25, 0.3) is 0 Å². The van der Waals surface area contributed by atoms with E-state index in [-0.39, 0.29) is 13.2 Å². The lowest BCUT2D eigenvalue weighted by Crippen LogP contribution is -2.04. The fourth-order valence-electron chi connectivity index (χ4n) is 1.81. The van der Waals surface area contributed by atoms with E-state index in [1.165, 1.54) is 5.56 Å². The Balaban J connectivity index is 2.02. The van der Waals surface area contributed by atoms with Crippen LogP contribution < -0.4 is 9.47 Å². The number of ether oxygens (including phenoxy) is 2. The molecule has 0 heterocycles. The molecule has 2 aromatic rings. The number of benzene rings is 2. The standard InChI is InChI=1S/C16H18O3/c1-13-5-4-6-14(11-13)12-19-16-8-3-2-7-15(16)18-10-9-17/h2-8,11,17H,9-10,12H2,1H3. The maximum Gasteiger partial charge on any atom is 0.161 e. The third-order valence-corrected chi connectivity index (χ3v) is 2.67. The highest BCUT2D eigenvalue weighted by Gasteiger charge is 2.04. The van der Waals surface area contributed by atoms with Crippen molar-refractivity contribution in [2.24, 2.45) is 0 Å². The molecule has 0 radical (unpaired) electrons. The molecule has 0 aromatic heterocycles. The molecule has 2 aromatic carbocycles. The van der Waals surface area contributed by atoms with Gasteiger partial charge in [0.1, 0.15) is 13.2 Å². The highest BCUT2D eigenvalue weighted by molar-refractivity contribution is 5.39. The second-order valence-electron chi connectivity index (χ2n) is 4.30. The van der Waals surface area contributed by atoms with E-state index in [2.05, 4.69) is 19.1 Å². The van der Waals surface area contributed by atoms with Crippen LogP contribution in [0.2, 0.25) is 0 Å². The van der Waals surface area contributed by atoms with Gasteiger partial charge in [-0.25, -0.2) is 0 Å². The first kappa shape index (κ1) is 13.4. The van der Waals surface area contributed by atoms with Crippen LogP contribution in [0.5, 0.6) is 11.5 Å². The van der Waals surface area contributed by atoms with E-state index in [0.717, 1.165) is 5.56 Å². The monoisotopic (exact) mass is 258 g/mol. The van der Waals surface area contributed by atoms with Gasteiger partial charge in [0.15, 0.2) is 11.5 Å². The normalized spacial score (nSPS) is 10.2. The van der Waals surface area contributed by atoms with Crippen LogP contribution in [0.25, 0.3) is 0 Å². The highest BCUT2D eigenvalue weighted by atomic mass is 16.5. The van der Waals surface area contributed by atoms with Gasteiger partial charge in [-0.3, -0.25) is 0 Å². The SMILES string of the molecule is Cc1cccc(COc2ccccc2OCCO)c1. The van der Waals surface area contributed by atoms with Crippen LogP contribution in [0, 0.1) is 6.92 Å².